The van der Waals surface area contributed by atoms with E-state index in [4.69, 9.17) is 11.6 Å². The highest BCUT2D eigenvalue weighted by atomic mass is 35.5. The Bertz CT molecular complexity index is 1070. The highest BCUT2D eigenvalue weighted by Crippen LogP contribution is 2.22. The van der Waals surface area contributed by atoms with Gasteiger partial charge in [-0.3, -0.25) is 14.3 Å². The Kier molecular flexibility index (Phi) is 6.51. The summed E-state index contributed by atoms with van der Waals surface area (Å²) in [4.78, 5) is 26.4. The van der Waals surface area contributed by atoms with E-state index < -0.39 is 0 Å². The summed E-state index contributed by atoms with van der Waals surface area (Å²) >= 11 is 6.18. The number of halogens is 1. The predicted molar refractivity (Wildman–Crippen MR) is 132 cm³/mol. The van der Waals surface area contributed by atoms with Gasteiger partial charge in [-0.05, 0) is 30.3 Å². The van der Waals surface area contributed by atoms with Gasteiger partial charge in [0.1, 0.15) is 0 Å². The first-order valence-electron chi connectivity index (χ1n) is 11.5. The third-order valence-electron chi connectivity index (χ3n) is 6.48. The minimum atomic E-state index is 0.233. The second-order valence-electron chi connectivity index (χ2n) is 8.54. The maximum Gasteiger partial charge on any atom is 0.236 e. The van der Waals surface area contributed by atoms with Gasteiger partial charge in [0, 0.05) is 81.1 Å². The molecule has 3 aromatic rings. The molecular formula is C25H29ClN6O. The summed E-state index contributed by atoms with van der Waals surface area (Å²) in [5.74, 6) is 1.15. The van der Waals surface area contributed by atoms with Crippen LogP contribution in [-0.2, 0) is 4.79 Å². The molecule has 7 nitrogen and oxygen atoms in total. The van der Waals surface area contributed by atoms with Crippen LogP contribution in [0.15, 0.2) is 67.0 Å². The van der Waals surface area contributed by atoms with E-state index in [1.54, 1.807) is 0 Å². The van der Waals surface area contributed by atoms with Gasteiger partial charge in [-0.25, -0.2) is 4.98 Å². The van der Waals surface area contributed by atoms with Crippen molar-refractivity contribution in [2.45, 2.75) is 0 Å². The van der Waals surface area contributed by atoms with Gasteiger partial charge in [-0.15, -0.1) is 0 Å². The lowest BCUT2D eigenvalue weighted by molar-refractivity contribution is -0.132. The van der Waals surface area contributed by atoms with Gasteiger partial charge >= 0.3 is 0 Å². The van der Waals surface area contributed by atoms with E-state index in [-0.39, 0.29) is 5.91 Å². The van der Waals surface area contributed by atoms with E-state index >= 15 is 0 Å². The Labute approximate surface area is 199 Å². The Balaban J connectivity index is 1.12. The number of carbonyl (C=O) groups is 1. The van der Waals surface area contributed by atoms with Crippen LogP contribution in [0.2, 0.25) is 5.02 Å². The number of imidazole rings is 1. The minimum Gasteiger partial charge on any atom is -0.368 e. The summed E-state index contributed by atoms with van der Waals surface area (Å²) in [6.45, 7) is 7.19. The van der Waals surface area contributed by atoms with Crippen LogP contribution in [0.4, 0.5) is 11.6 Å². The summed E-state index contributed by atoms with van der Waals surface area (Å²) in [5, 5.41) is 0.708. The van der Waals surface area contributed by atoms with Crippen molar-refractivity contribution < 1.29 is 4.79 Å². The number of para-hydroxylation sites is 1. The molecule has 5 rings (SSSR count). The predicted octanol–water partition coefficient (Wildman–Crippen LogP) is 3.00. The number of aromatic nitrogens is 2. The van der Waals surface area contributed by atoms with Crippen LogP contribution < -0.4 is 9.80 Å². The Morgan fingerprint density at radius 1 is 0.818 bits per heavy atom. The summed E-state index contributed by atoms with van der Waals surface area (Å²) in [7, 11) is 0. The van der Waals surface area contributed by atoms with Crippen molar-refractivity contribution in [1.29, 1.82) is 0 Å². The molecule has 2 aliphatic heterocycles. The van der Waals surface area contributed by atoms with Gasteiger partial charge in [0.25, 0.3) is 0 Å². The molecule has 2 fully saturated rings. The molecule has 2 aromatic carbocycles. The highest BCUT2D eigenvalue weighted by Gasteiger charge is 2.26. The molecule has 2 aliphatic rings. The molecule has 2 saturated heterocycles. The van der Waals surface area contributed by atoms with E-state index in [2.05, 4.69) is 48.5 Å². The molecule has 0 N–H and O–H groups in total. The molecule has 0 bridgehead atoms. The number of piperazine rings is 2. The van der Waals surface area contributed by atoms with Crippen molar-refractivity contribution >= 4 is 29.1 Å². The standard InChI is InChI=1S/C25H29ClN6O/c26-21-5-4-8-23(19-21)32-10-9-27-25(32)31-13-11-28(12-14-31)20-24(33)30-17-15-29(16-18-30)22-6-2-1-3-7-22/h1-10,19H,11-18,20H2. The molecule has 0 spiro atoms. The van der Waals surface area contributed by atoms with E-state index in [9.17, 15) is 4.79 Å². The number of benzene rings is 2. The Morgan fingerprint density at radius 2 is 1.52 bits per heavy atom. The smallest absolute Gasteiger partial charge is 0.236 e. The first-order chi connectivity index (χ1) is 16.2. The molecule has 8 heteroatoms. The average molecular weight is 465 g/mol. The van der Waals surface area contributed by atoms with Crippen LogP contribution in [0.25, 0.3) is 5.69 Å². The quantitative estimate of drug-likeness (QED) is 0.581. The van der Waals surface area contributed by atoms with E-state index in [0.717, 1.165) is 64.0 Å². The largest absolute Gasteiger partial charge is 0.368 e. The zero-order valence-electron chi connectivity index (χ0n) is 18.7. The minimum absolute atomic E-state index is 0.233. The van der Waals surface area contributed by atoms with Crippen molar-refractivity contribution in [1.82, 2.24) is 19.4 Å². The van der Waals surface area contributed by atoms with Crippen LogP contribution in [0.5, 0.6) is 0 Å². The molecule has 0 unspecified atom stereocenters. The lowest BCUT2D eigenvalue weighted by atomic mass is 10.2. The van der Waals surface area contributed by atoms with Gasteiger partial charge in [-0.2, -0.15) is 0 Å². The summed E-state index contributed by atoms with van der Waals surface area (Å²) < 4.78 is 2.07. The van der Waals surface area contributed by atoms with Crippen molar-refractivity contribution in [3.05, 3.63) is 72.0 Å². The number of rotatable bonds is 5. The first-order valence-corrected chi connectivity index (χ1v) is 11.9. The van der Waals surface area contributed by atoms with Crippen LogP contribution in [-0.4, -0.2) is 84.2 Å². The van der Waals surface area contributed by atoms with E-state index in [1.165, 1.54) is 5.69 Å². The molecular weight excluding hydrogens is 436 g/mol. The third-order valence-corrected chi connectivity index (χ3v) is 6.71. The maximum absolute atomic E-state index is 12.9. The molecule has 0 atom stereocenters. The average Bonchev–Trinajstić information content (AvgIpc) is 3.35. The number of hydrogen-bond acceptors (Lipinski definition) is 5. The first kappa shape index (κ1) is 21.8. The van der Waals surface area contributed by atoms with Crippen LogP contribution in [0, 0.1) is 0 Å². The fourth-order valence-corrected chi connectivity index (χ4v) is 4.79. The summed E-state index contributed by atoms with van der Waals surface area (Å²) in [5.41, 5.74) is 2.24. The molecule has 0 radical (unpaired) electrons. The second-order valence-corrected chi connectivity index (χ2v) is 8.98. The third kappa shape index (κ3) is 4.99. The summed E-state index contributed by atoms with van der Waals surface area (Å²) in [6.07, 6.45) is 3.78. The molecule has 0 aliphatic carbocycles. The molecule has 172 valence electrons. The molecule has 1 amide bonds. The number of carbonyl (C=O) groups excluding carboxylic acids is 1. The monoisotopic (exact) mass is 464 g/mol. The van der Waals surface area contributed by atoms with Crippen LogP contribution in [0.3, 0.4) is 0 Å². The molecule has 33 heavy (non-hydrogen) atoms. The summed E-state index contributed by atoms with van der Waals surface area (Å²) in [6, 6.07) is 18.2. The highest BCUT2D eigenvalue weighted by molar-refractivity contribution is 6.30. The van der Waals surface area contributed by atoms with Crippen molar-refractivity contribution in [3.8, 4) is 5.69 Å². The molecule has 0 saturated carbocycles. The number of hydrogen-bond donors (Lipinski definition) is 0. The van der Waals surface area contributed by atoms with Crippen LogP contribution in [0.1, 0.15) is 0 Å². The fraction of sp³-hybridized carbons (Fsp3) is 0.360. The number of amides is 1. The Hall–Kier alpha value is -3.03. The molecule has 1 aromatic heterocycles. The van der Waals surface area contributed by atoms with Crippen molar-refractivity contribution in [2.75, 3.05) is 68.7 Å². The van der Waals surface area contributed by atoms with Gasteiger partial charge in [0.05, 0.1) is 6.54 Å². The zero-order chi connectivity index (χ0) is 22.6. The number of nitrogens with zero attached hydrogens (tertiary/aromatic N) is 6. The second kappa shape index (κ2) is 9.85. The van der Waals surface area contributed by atoms with Gasteiger partial charge in [-0.1, -0.05) is 35.9 Å². The SMILES string of the molecule is O=C(CN1CCN(c2nccn2-c2cccc(Cl)c2)CC1)N1CCN(c2ccccc2)CC1. The topological polar surface area (TPSA) is 47.9 Å². The van der Waals surface area contributed by atoms with Crippen molar-refractivity contribution in [2.24, 2.45) is 0 Å². The maximum atomic E-state index is 12.9. The normalized spacial score (nSPS) is 17.4. The molecule has 3 heterocycles. The van der Waals surface area contributed by atoms with Crippen LogP contribution >= 0.6 is 11.6 Å². The van der Waals surface area contributed by atoms with Gasteiger partial charge in [0.15, 0.2) is 0 Å². The van der Waals surface area contributed by atoms with Gasteiger partial charge < -0.3 is 14.7 Å². The Morgan fingerprint density at radius 3 is 2.24 bits per heavy atom. The fourth-order valence-electron chi connectivity index (χ4n) is 4.61. The zero-order valence-corrected chi connectivity index (χ0v) is 19.4. The van der Waals surface area contributed by atoms with E-state index in [0.29, 0.717) is 11.6 Å². The van der Waals surface area contributed by atoms with Crippen molar-refractivity contribution in [3.63, 3.8) is 0 Å². The number of anilines is 2. The van der Waals surface area contributed by atoms with Gasteiger partial charge in [0.2, 0.25) is 11.9 Å². The lowest BCUT2D eigenvalue weighted by Crippen LogP contribution is -2.54. The lowest BCUT2D eigenvalue weighted by Gasteiger charge is -2.39. The van der Waals surface area contributed by atoms with E-state index in [1.807, 2.05) is 47.6 Å².